The van der Waals surface area contributed by atoms with Crippen molar-refractivity contribution in [2.24, 2.45) is 5.92 Å². The third kappa shape index (κ3) is 7.14. The Bertz CT molecular complexity index is 1130. The fourth-order valence-corrected chi connectivity index (χ4v) is 4.91. The number of aromatic hydroxyl groups is 1. The van der Waals surface area contributed by atoms with Gasteiger partial charge in [0.15, 0.2) is 11.5 Å². The molecule has 2 saturated heterocycles. The lowest BCUT2D eigenvalue weighted by atomic mass is 9.94. The zero-order valence-electron chi connectivity index (χ0n) is 21.1. The molecule has 0 spiro atoms. The van der Waals surface area contributed by atoms with Crippen molar-refractivity contribution in [2.75, 3.05) is 46.1 Å². The molecular weight excluding hydrogens is 494 g/mol. The van der Waals surface area contributed by atoms with Crippen molar-refractivity contribution in [2.45, 2.75) is 25.9 Å². The third-order valence-electron chi connectivity index (χ3n) is 7.03. The van der Waals surface area contributed by atoms with E-state index < -0.39 is 11.9 Å². The van der Waals surface area contributed by atoms with Crippen LogP contribution in [0.4, 0.5) is 0 Å². The summed E-state index contributed by atoms with van der Waals surface area (Å²) in [5.41, 5.74) is 2.17. The number of benzene rings is 2. The Balaban J connectivity index is 0.000000505. The Labute approximate surface area is 220 Å². The highest BCUT2D eigenvalue weighted by atomic mass is 16.7. The fourth-order valence-electron chi connectivity index (χ4n) is 4.91. The molecule has 2 fully saturated rings. The van der Waals surface area contributed by atoms with Gasteiger partial charge in [-0.3, -0.25) is 14.6 Å². The number of aliphatic carboxylic acids is 2. The van der Waals surface area contributed by atoms with Gasteiger partial charge in [-0.25, -0.2) is 9.59 Å². The zero-order chi connectivity index (χ0) is 27.1. The molecule has 11 nitrogen and oxygen atoms in total. The van der Waals surface area contributed by atoms with Gasteiger partial charge < -0.3 is 29.7 Å². The van der Waals surface area contributed by atoms with E-state index in [9.17, 15) is 9.90 Å². The number of carbonyl (C=O) groups is 3. The predicted molar refractivity (Wildman–Crippen MR) is 136 cm³/mol. The molecule has 0 atom stereocenters. The molecule has 0 aliphatic carbocycles. The Morgan fingerprint density at radius 3 is 2.08 bits per heavy atom. The normalized spacial score (nSPS) is 17.9. The molecular formula is C27H33N3O8. The number of hydrogen-bond acceptors (Lipinski definition) is 8. The summed E-state index contributed by atoms with van der Waals surface area (Å²) in [6.45, 7) is 7.08. The average molecular weight is 528 g/mol. The molecule has 38 heavy (non-hydrogen) atoms. The van der Waals surface area contributed by atoms with Crippen molar-refractivity contribution in [3.05, 3.63) is 53.6 Å². The van der Waals surface area contributed by atoms with Gasteiger partial charge in [0.05, 0.1) is 0 Å². The summed E-state index contributed by atoms with van der Waals surface area (Å²) in [4.78, 5) is 38.1. The van der Waals surface area contributed by atoms with Crippen molar-refractivity contribution in [1.82, 2.24) is 14.7 Å². The molecule has 2 aromatic rings. The van der Waals surface area contributed by atoms with Crippen molar-refractivity contribution in [3.63, 3.8) is 0 Å². The minimum absolute atomic E-state index is 0.121. The number of nitrogens with zero attached hydrogens (tertiary/aromatic N) is 3. The number of amides is 1. The molecule has 0 bridgehead atoms. The van der Waals surface area contributed by atoms with E-state index in [4.69, 9.17) is 29.3 Å². The fraction of sp³-hybridized carbons (Fsp3) is 0.444. The number of likely N-dealkylation sites (tertiary alicyclic amines) is 1. The van der Waals surface area contributed by atoms with E-state index in [1.54, 1.807) is 6.07 Å². The predicted octanol–water partition coefficient (Wildman–Crippen LogP) is 1.83. The third-order valence-corrected chi connectivity index (χ3v) is 7.03. The van der Waals surface area contributed by atoms with Crippen LogP contribution in [0, 0.1) is 5.92 Å². The van der Waals surface area contributed by atoms with Crippen LogP contribution in [0.25, 0.3) is 0 Å². The average Bonchev–Trinajstić information content (AvgIpc) is 3.39. The summed E-state index contributed by atoms with van der Waals surface area (Å²) < 4.78 is 10.9. The van der Waals surface area contributed by atoms with Crippen molar-refractivity contribution in [3.8, 4) is 17.2 Å². The molecule has 11 heteroatoms. The maximum Gasteiger partial charge on any atom is 0.414 e. The van der Waals surface area contributed by atoms with Gasteiger partial charge in [-0.15, -0.1) is 0 Å². The monoisotopic (exact) mass is 527 g/mol. The van der Waals surface area contributed by atoms with Gasteiger partial charge in [0.2, 0.25) is 12.7 Å². The van der Waals surface area contributed by atoms with E-state index in [-0.39, 0.29) is 5.92 Å². The first kappa shape index (κ1) is 27.2. The van der Waals surface area contributed by atoms with Crippen LogP contribution in [-0.4, -0.2) is 93.9 Å². The number of piperidine rings is 1. The Kier molecular flexibility index (Phi) is 9.03. The second-order valence-corrected chi connectivity index (χ2v) is 9.58. The molecule has 204 valence electrons. The minimum atomic E-state index is -1.82. The lowest BCUT2D eigenvalue weighted by Gasteiger charge is -2.38. The number of carbonyl (C=O) groups excluding carboxylic acids is 1. The van der Waals surface area contributed by atoms with Gasteiger partial charge in [-0.2, -0.15) is 0 Å². The van der Waals surface area contributed by atoms with Crippen LogP contribution in [-0.2, 0) is 27.5 Å². The van der Waals surface area contributed by atoms with Crippen molar-refractivity contribution in [1.29, 1.82) is 0 Å². The number of hydrogen-bond donors (Lipinski definition) is 3. The smallest absolute Gasteiger partial charge is 0.414 e. The van der Waals surface area contributed by atoms with Crippen molar-refractivity contribution >= 4 is 17.8 Å². The highest BCUT2D eigenvalue weighted by Crippen LogP contribution is 2.33. The summed E-state index contributed by atoms with van der Waals surface area (Å²) in [6, 6.07) is 13.6. The molecule has 3 aliphatic rings. The molecule has 2 aromatic carbocycles. The van der Waals surface area contributed by atoms with Crippen LogP contribution < -0.4 is 9.47 Å². The molecule has 0 saturated carbocycles. The van der Waals surface area contributed by atoms with Crippen LogP contribution in [0.15, 0.2) is 42.5 Å². The van der Waals surface area contributed by atoms with Gasteiger partial charge in [-0.05, 0) is 49.7 Å². The van der Waals surface area contributed by atoms with Gasteiger partial charge >= 0.3 is 11.9 Å². The zero-order valence-corrected chi connectivity index (χ0v) is 21.1. The summed E-state index contributed by atoms with van der Waals surface area (Å²) >= 11 is 0. The first-order valence-corrected chi connectivity index (χ1v) is 12.6. The number of phenols is 1. The molecule has 3 heterocycles. The number of fused-ring (bicyclic) bond motifs is 1. The van der Waals surface area contributed by atoms with E-state index >= 15 is 0 Å². The molecule has 1 amide bonds. The Morgan fingerprint density at radius 1 is 0.789 bits per heavy atom. The summed E-state index contributed by atoms with van der Waals surface area (Å²) in [5, 5.41) is 24.8. The highest BCUT2D eigenvalue weighted by molar-refractivity contribution is 6.27. The molecule has 3 N–H and O–H groups in total. The standard InChI is InChI=1S/C25H31N3O4.C2H2O4/c29-22-4-2-1-3-21(22)17-26-9-7-20(8-10-26)25(30)28-13-11-27(12-14-28)16-19-5-6-23-24(15-19)32-18-31-23;3-1(4)2(5)6/h1-6,15,20,29H,7-14,16-18H2;(H,3,4)(H,5,6). The molecule has 3 aliphatic heterocycles. The van der Waals surface area contributed by atoms with Gasteiger partial charge in [0.1, 0.15) is 5.75 Å². The number of carboxylic acid groups (broad SMARTS) is 2. The van der Waals surface area contributed by atoms with Crippen LogP contribution in [0.1, 0.15) is 24.0 Å². The van der Waals surface area contributed by atoms with E-state index in [1.165, 1.54) is 5.56 Å². The minimum Gasteiger partial charge on any atom is -0.508 e. The molecule has 0 aromatic heterocycles. The maximum absolute atomic E-state index is 13.1. The lowest BCUT2D eigenvalue weighted by Crippen LogP contribution is -2.51. The number of rotatable bonds is 5. The number of ether oxygens (including phenoxy) is 2. The summed E-state index contributed by atoms with van der Waals surface area (Å²) in [5.74, 6) is -1.22. The number of phenolic OH excluding ortho intramolecular Hbond substituents is 1. The quantitative estimate of drug-likeness (QED) is 0.494. The molecule has 0 unspecified atom stereocenters. The maximum atomic E-state index is 13.1. The second kappa shape index (κ2) is 12.6. The van der Waals surface area contributed by atoms with E-state index in [0.717, 1.165) is 82.3 Å². The SMILES string of the molecule is O=C(C1CCN(Cc2ccccc2O)CC1)N1CCN(Cc2ccc3c(c2)OCO3)CC1.O=C(O)C(=O)O. The molecule has 5 rings (SSSR count). The van der Waals surface area contributed by atoms with E-state index in [1.807, 2.05) is 24.3 Å². The number of para-hydroxylation sites is 1. The van der Waals surface area contributed by atoms with Crippen LogP contribution in [0.2, 0.25) is 0 Å². The summed E-state index contributed by atoms with van der Waals surface area (Å²) in [6.07, 6.45) is 1.79. The Morgan fingerprint density at radius 2 is 1.42 bits per heavy atom. The first-order chi connectivity index (χ1) is 18.3. The largest absolute Gasteiger partial charge is 0.508 e. The Hall–Kier alpha value is -3.83. The van der Waals surface area contributed by atoms with Crippen LogP contribution in [0.3, 0.4) is 0 Å². The van der Waals surface area contributed by atoms with E-state index in [0.29, 0.717) is 18.4 Å². The first-order valence-electron chi connectivity index (χ1n) is 12.6. The van der Waals surface area contributed by atoms with Crippen molar-refractivity contribution < 1.29 is 39.2 Å². The summed E-state index contributed by atoms with van der Waals surface area (Å²) in [7, 11) is 0. The number of piperazine rings is 1. The highest BCUT2D eigenvalue weighted by Gasteiger charge is 2.30. The van der Waals surface area contributed by atoms with Gasteiger partial charge in [0.25, 0.3) is 0 Å². The van der Waals surface area contributed by atoms with Gasteiger partial charge in [-0.1, -0.05) is 24.3 Å². The number of carboxylic acids is 2. The van der Waals surface area contributed by atoms with Crippen LogP contribution in [0.5, 0.6) is 17.2 Å². The second-order valence-electron chi connectivity index (χ2n) is 9.58. The lowest BCUT2D eigenvalue weighted by molar-refractivity contribution is -0.159. The van der Waals surface area contributed by atoms with Crippen LogP contribution >= 0.6 is 0 Å². The van der Waals surface area contributed by atoms with Gasteiger partial charge in [0, 0.05) is 50.7 Å². The topological polar surface area (TPSA) is 140 Å². The molecule has 0 radical (unpaired) electrons. The van der Waals surface area contributed by atoms with E-state index in [2.05, 4.69) is 26.8 Å².